The van der Waals surface area contributed by atoms with Crippen molar-refractivity contribution in [1.82, 2.24) is 0 Å². The minimum absolute atomic E-state index is 0.873. The molecule has 9 rings (SSSR count). The Kier molecular flexibility index (Phi) is 7.53. The Morgan fingerprint density at radius 1 is 0.340 bits per heavy atom. The minimum atomic E-state index is 0.873. The zero-order chi connectivity index (χ0) is 33.3. The molecule has 1 aromatic heterocycles. The predicted octanol–water partition coefficient (Wildman–Crippen LogP) is 13.7. The summed E-state index contributed by atoms with van der Waals surface area (Å²) in [5.74, 6) is 0. The Hall–Kier alpha value is -6.64. The lowest BCUT2D eigenvalue weighted by Gasteiger charge is -2.27. The van der Waals surface area contributed by atoms with E-state index in [1.165, 1.54) is 27.8 Å². The molecule has 0 saturated carbocycles. The highest BCUT2D eigenvalue weighted by Crippen LogP contribution is 2.46. The smallest absolute Gasteiger partial charge is 0.145 e. The summed E-state index contributed by atoms with van der Waals surface area (Å²) in [5, 5.41) is 2.18. The highest BCUT2D eigenvalue weighted by molar-refractivity contribution is 6.17. The van der Waals surface area contributed by atoms with Crippen LogP contribution in [-0.2, 0) is 0 Å². The molecule has 1 heterocycles. The molecule has 0 unspecified atom stereocenters. The summed E-state index contributed by atoms with van der Waals surface area (Å²) in [6.45, 7) is 0. The molecule has 50 heavy (non-hydrogen) atoms. The van der Waals surface area contributed by atoms with Crippen LogP contribution in [0.2, 0.25) is 0 Å². The fourth-order valence-electron chi connectivity index (χ4n) is 7.04. The first kappa shape index (κ1) is 29.5. The Bertz CT molecular complexity index is 2570. The maximum Gasteiger partial charge on any atom is 0.145 e. The molecule has 0 spiro atoms. The topological polar surface area (TPSA) is 16.4 Å². The zero-order valence-corrected chi connectivity index (χ0v) is 27.4. The lowest BCUT2D eigenvalue weighted by Crippen LogP contribution is -2.10. The molecular formula is C48H33NO. The molecular weight excluding hydrogens is 607 g/mol. The van der Waals surface area contributed by atoms with Gasteiger partial charge in [0.05, 0.1) is 11.1 Å². The van der Waals surface area contributed by atoms with Gasteiger partial charge in [-0.25, -0.2) is 0 Å². The van der Waals surface area contributed by atoms with Crippen LogP contribution in [0.3, 0.4) is 0 Å². The zero-order valence-electron chi connectivity index (χ0n) is 27.4. The van der Waals surface area contributed by atoms with Crippen molar-refractivity contribution in [2.45, 2.75) is 0 Å². The van der Waals surface area contributed by atoms with E-state index < -0.39 is 0 Å². The van der Waals surface area contributed by atoms with Crippen molar-refractivity contribution < 1.29 is 4.42 Å². The van der Waals surface area contributed by atoms with Gasteiger partial charge in [-0.05, 0) is 87.5 Å². The number of rotatable bonds is 7. The third kappa shape index (κ3) is 5.43. The predicted molar refractivity (Wildman–Crippen MR) is 210 cm³/mol. The first-order valence-electron chi connectivity index (χ1n) is 17.0. The molecule has 0 bridgehead atoms. The van der Waals surface area contributed by atoms with Gasteiger partial charge in [0.15, 0.2) is 0 Å². The number of hydrogen-bond donors (Lipinski definition) is 0. The van der Waals surface area contributed by atoms with Crippen LogP contribution in [0, 0.1) is 0 Å². The molecule has 0 amide bonds. The van der Waals surface area contributed by atoms with Gasteiger partial charge in [-0.3, -0.25) is 0 Å². The molecule has 0 radical (unpaired) electrons. The Balaban J connectivity index is 1.25. The summed E-state index contributed by atoms with van der Waals surface area (Å²) in [7, 11) is 0. The first-order valence-corrected chi connectivity index (χ1v) is 17.0. The van der Waals surface area contributed by atoms with Crippen molar-refractivity contribution in [2.75, 3.05) is 4.90 Å². The second-order valence-electron chi connectivity index (χ2n) is 12.5. The molecule has 2 heteroatoms. The number of nitrogens with zero attached hydrogens (tertiary/aromatic N) is 1. The van der Waals surface area contributed by atoms with Gasteiger partial charge in [-0.15, -0.1) is 0 Å². The second kappa shape index (κ2) is 12.8. The van der Waals surface area contributed by atoms with E-state index >= 15 is 0 Å². The summed E-state index contributed by atoms with van der Waals surface area (Å²) < 4.78 is 6.70. The van der Waals surface area contributed by atoms with E-state index in [4.69, 9.17) is 4.42 Å². The summed E-state index contributed by atoms with van der Waals surface area (Å²) in [5.41, 5.74) is 14.3. The lowest BCUT2D eigenvalue weighted by molar-refractivity contribution is 0.670. The van der Waals surface area contributed by atoms with Crippen LogP contribution in [0.4, 0.5) is 17.1 Å². The number of anilines is 3. The van der Waals surface area contributed by atoms with E-state index in [1.807, 2.05) is 6.07 Å². The van der Waals surface area contributed by atoms with E-state index in [0.29, 0.717) is 0 Å². The van der Waals surface area contributed by atoms with Crippen LogP contribution >= 0.6 is 0 Å². The van der Waals surface area contributed by atoms with Crippen molar-refractivity contribution in [3.05, 3.63) is 200 Å². The van der Waals surface area contributed by atoms with E-state index in [0.717, 1.165) is 55.7 Å². The molecule has 9 aromatic rings. The molecule has 236 valence electrons. The monoisotopic (exact) mass is 639 g/mol. The highest BCUT2D eigenvalue weighted by Gasteiger charge is 2.22. The van der Waals surface area contributed by atoms with Gasteiger partial charge >= 0.3 is 0 Å². The van der Waals surface area contributed by atoms with Crippen molar-refractivity contribution in [1.29, 1.82) is 0 Å². The number of para-hydroxylation sites is 1. The molecule has 8 aromatic carbocycles. The Morgan fingerprint density at radius 3 is 1.56 bits per heavy atom. The fourth-order valence-corrected chi connectivity index (χ4v) is 7.04. The van der Waals surface area contributed by atoms with Gasteiger partial charge in [-0.1, -0.05) is 152 Å². The van der Waals surface area contributed by atoms with Crippen LogP contribution in [0.5, 0.6) is 0 Å². The van der Waals surface area contributed by atoms with Gasteiger partial charge in [0, 0.05) is 22.3 Å². The highest BCUT2D eigenvalue weighted by atomic mass is 16.3. The van der Waals surface area contributed by atoms with Gasteiger partial charge in [0.25, 0.3) is 0 Å². The van der Waals surface area contributed by atoms with Crippen LogP contribution in [0.1, 0.15) is 0 Å². The average molecular weight is 640 g/mol. The van der Waals surface area contributed by atoms with Crippen molar-refractivity contribution in [2.24, 2.45) is 0 Å². The molecule has 0 N–H and O–H groups in total. The second-order valence-corrected chi connectivity index (χ2v) is 12.5. The quantitative estimate of drug-likeness (QED) is 0.173. The maximum atomic E-state index is 6.70. The van der Waals surface area contributed by atoms with Crippen molar-refractivity contribution >= 4 is 39.0 Å². The molecule has 0 aliphatic heterocycles. The normalized spacial score (nSPS) is 11.2. The molecule has 2 nitrogen and oxygen atoms in total. The Labute approximate surface area is 292 Å². The standard InChI is InChI=1S/C48H33NO/c1-4-14-34(15-5-1)36-26-28-41(29-27-36)49(42-23-13-22-40(33-42)39-21-12-20-38(32-39)35-16-6-2-7-17-35)45-31-30-43(37-18-8-3-9-19-37)48-47(45)44-24-10-11-25-46(44)50-48/h1-33H. The lowest BCUT2D eigenvalue weighted by atomic mass is 9.97. The van der Waals surface area contributed by atoms with Gasteiger partial charge < -0.3 is 9.32 Å². The summed E-state index contributed by atoms with van der Waals surface area (Å²) >= 11 is 0. The first-order chi connectivity index (χ1) is 24.8. The van der Waals surface area contributed by atoms with Crippen LogP contribution in [0.25, 0.3) is 66.4 Å². The Morgan fingerprint density at radius 2 is 0.860 bits per heavy atom. The van der Waals surface area contributed by atoms with Gasteiger partial charge in [0.1, 0.15) is 11.2 Å². The minimum Gasteiger partial charge on any atom is -0.455 e. The largest absolute Gasteiger partial charge is 0.455 e. The SMILES string of the molecule is c1ccc(-c2ccc(N(c3cccc(-c4cccc(-c5ccccc5)c4)c3)c3ccc(-c4ccccc4)c4oc5ccccc5c34)cc2)cc1. The molecule has 0 fully saturated rings. The average Bonchev–Trinajstić information content (AvgIpc) is 3.60. The van der Waals surface area contributed by atoms with Crippen molar-refractivity contribution in [3.8, 4) is 44.5 Å². The number of benzene rings is 8. The molecule has 0 atom stereocenters. The van der Waals surface area contributed by atoms with Gasteiger partial charge in [0.2, 0.25) is 0 Å². The third-order valence-electron chi connectivity index (χ3n) is 9.47. The van der Waals surface area contributed by atoms with E-state index in [1.54, 1.807) is 0 Å². The number of furan rings is 1. The summed E-state index contributed by atoms with van der Waals surface area (Å²) in [4.78, 5) is 2.37. The molecule has 0 aliphatic carbocycles. The third-order valence-corrected chi connectivity index (χ3v) is 9.47. The van der Waals surface area contributed by atoms with Crippen LogP contribution < -0.4 is 4.90 Å². The van der Waals surface area contributed by atoms with Gasteiger partial charge in [-0.2, -0.15) is 0 Å². The molecule has 0 saturated heterocycles. The summed E-state index contributed by atoms with van der Waals surface area (Å²) in [6, 6.07) is 71.0. The van der Waals surface area contributed by atoms with E-state index in [9.17, 15) is 0 Å². The maximum absolute atomic E-state index is 6.70. The van der Waals surface area contributed by atoms with E-state index in [-0.39, 0.29) is 0 Å². The van der Waals surface area contributed by atoms with E-state index in [2.05, 4.69) is 199 Å². The van der Waals surface area contributed by atoms with Crippen molar-refractivity contribution in [3.63, 3.8) is 0 Å². The number of fused-ring (bicyclic) bond motifs is 3. The summed E-state index contributed by atoms with van der Waals surface area (Å²) in [6.07, 6.45) is 0. The van der Waals surface area contributed by atoms with Crippen LogP contribution in [-0.4, -0.2) is 0 Å². The fraction of sp³-hybridized carbons (Fsp3) is 0. The molecule has 0 aliphatic rings. The van der Waals surface area contributed by atoms with Crippen LogP contribution in [0.15, 0.2) is 205 Å². The number of hydrogen-bond acceptors (Lipinski definition) is 2.